The van der Waals surface area contributed by atoms with Gasteiger partial charge in [-0.05, 0) is 0 Å². The van der Waals surface area contributed by atoms with Crippen LogP contribution < -0.4 is 0 Å². The maximum atomic E-state index is 9.64. The number of rotatable bonds is 3. The van der Waals surface area contributed by atoms with Crippen LogP contribution in [0.2, 0.25) is 0 Å². The molecule has 0 unspecified atom stereocenters. The Morgan fingerprint density at radius 1 is 1.00 bits per heavy atom. The quantitative estimate of drug-likeness (QED) is 0.442. The molecule has 0 spiro atoms. The Labute approximate surface area is 68.2 Å². The Morgan fingerprint density at radius 2 is 1.17 bits per heavy atom. The van der Waals surface area contributed by atoms with Gasteiger partial charge in [0.1, 0.15) is 0 Å². The van der Waals surface area contributed by atoms with Crippen molar-refractivity contribution in [2.45, 2.75) is 12.8 Å². The molecule has 0 saturated heterocycles. The van der Waals surface area contributed by atoms with Gasteiger partial charge in [0.2, 0.25) is 0 Å². The Hall–Kier alpha value is -0.910. The summed E-state index contributed by atoms with van der Waals surface area (Å²) < 4.78 is 8.74. The van der Waals surface area contributed by atoms with Crippen molar-refractivity contribution in [2.24, 2.45) is 0 Å². The predicted octanol–water partition coefficient (Wildman–Crippen LogP) is -0.704. The van der Waals surface area contributed by atoms with E-state index in [1.54, 1.807) is 0 Å². The average molecular weight is 200 g/mol. The topological polar surface area (TPSA) is 132 Å². The molecule has 7 nitrogen and oxygen atoms in total. The summed E-state index contributed by atoms with van der Waals surface area (Å²) in [6.45, 7) is 0. The van der Waals surface area contributed by atoms with E-state index in [2.05, 4.69) is 0 Å². The molecule has 0 heterocycles. The molecule has 0 aliphatic carbocycles. The van der Waals surface area contributed by atoms with Crippen molar-refractivity contribution in [3.8, 4) is 0 Å². The van der Waals surface area contributed by atoms with E-state index in [1.807, 2.05) is 0 Å². The SMILES string of the molecule is O=C(O)CCC(=O)O.O=[PH](O)O. The molecule has 0 amide bonds. The maximum Gasteiger partial charge on any atom is 0.314 e. The summed E-state index contributed by atoms with van der Waals surface area (Å²) in [5.74, 6) is -2.15. The van der Waals surface area contributed by atoms with Crippen LogP contribution in [-0.4, -0.2) is 31.9 Å². The normalized spacial score (nSPS) is 8.58. The fraction of sp³-hybridized carbons (Fsp3) is 0.500. The van der Waals surface area contributed by atoms with E-state index < -0.39 is 20.2 Å². The van der Waals surface area contributed by atoms with Crippen LogP contribution in [0.25, 0.3) is 0 Å². The molecule has 72 valence electrons. The molecule has 0 rings (SSSR count). The second kappa shape index (κ2) is 8.19. The molecule has 0 bridgehead atoms. The van der Waals surface area contributed by atoms with E-state index in [9.17, 15) is 9.59 Å². The van der Waals surface area contributed by atoms with Gasteiger partial charge in [0, 0.05) is 0 Å². The average Bonchev–Trinajstić information content (AvgIpc) is 1.82. The first-order valence-electron chi connectivity index (χ1n) is 2.71. The van der Waals surface area contributed by atoms with Crippen LogP contribution in [0.15, 0.2) is 0 Å². The van der Waals surface area contributed by atoms with Crippen molar-refractivity contribution in [3.05, 3.63) is 0 Å². The van der Waals surface area contributed by atoms with Gasteiger partial charge in [0.05, 0.1) is 12.8 Å². The summed E-state index contributed by atoms with van der Waals surface area (Å²) in [5, 5.41) is 15.8. The molecule has 8 heteroatoms. The molecule has 12 heavy (non-hydrogen) atoms. The van der Waals surface area contributed by atoms with Crippen molar-refractivity contribution in [2.75, 3.05) is 0 Å². The van der Waals surface area contributed by atoms with Crippen LogP contribution in [0, 0.1) is 0 Å². The third kappa shape index (κ3) is 35.6. The third-order valence-corrected chi connectivity index (χ3v) is 0.553. The predicted molar refractivity (Wildman–Crippen MR) is 37.9 cm³/mol. The molecular formula is C4H9O7P. The zero-order valence-electron chi connectivity index (χ0n) is 5.93. The van der Waals surface area contributed by atoms with Gasteiger partial charge < -0.3 is 20.0 Å². The minimum Gasteiger partial charge on any atom is -0.481 e. The Balaban J connectivity index is 0. The van der Waals surface area contributed by atoms with Crippen molar-refractivity contribution in [1.29, 1.82) is 0 Å². The summed E-state index contributed by atoms with van der Waals surface area (Å²) in [6.07, 6.45) is -0.593. The summed E-state index contributed by atoms with van der Waals surface area (Å²) in [6, 6.07) is 0. The molecule has 4 N–H and O–H groups in total. The van der Waals surface area contributed by atoms with E-state index in [-0.39, 0.29) is 12.8 Å². The number of hydrogen-bond acceptors (Lipinski definition) is 3. The standard InChI is InChI=1S/C4H6O4.H3O3P/c5-3(6)1-2-4(7)8;1-4(2)3/h1-2H2,(H,5,6)(H,7,8);4H,(H2,1,2,3). The zero-order valence-corrected chi connectivity index (χ0v) is 6.93. The van der Waals surface area contributed by atoms with E-state index in [1.165, 1.54) is 0 Å². The molecule has 0 aliphatic heterocycles. The van der Waals surface area contributed by atoms with Crippen LogP contribution in [0.1, 0.15) is 12.8 Å². The third-order valence-electron chi connectivity index (χ3n) is 0.553. The first kappa shape index (κ1) is 13.7. The lowest BCUT2D eigenvalue weighted by Gasteiger charge is -1.85. The molecule has 0 aromatic heterocycles. The van der Waals surface area contributed by atoms with E-state index in [4.69, 9.17) is 24.6 Å². The lowest BCUT2D eigenvalue weighted by Crippen LogP contribution is -2.00. The second-order valence-corrected chi connectivity index (χ2v) is 2.14. The molecule has 0 atom stereocenters. The van der Waals surface area contributed by atoms with Crippen molar-refractivity contribution >= 4 is 20.2 Å². The fourth-order valence-electron chi connectivity index (χ4n) is 0.214. The van der Waals surface area contributed by atoms with E-state index >= 15 is 0 Å². The highest BCUT2D eigenvalue weighted by molar-refractivity contribution is 7.30. The first-order chi connectivity index (χ1) is 5.36. The van der Waals surface area contributed by atoms with Gasteiger partial charge in [-0.2, -0.15) is 0 Å². The summed E-state index contributed by atoms with van der Waals surface area (Å²) in [4.78, 5) is 33.6. The second-order valence-electron chi connectivity index (χ2n) is 1.57. The highest BCUT2D eigenvalue weighted by Gasteiger charge is 2.00. The Kier molecular flexibility index (Phi) is 9.32. The number of carboxylic acid groups (broad SMARTS) is 2. The van der Waals surface area contributed by atoms with Gasteiger partial charge in [-0.15, -0.1) is 0 Å². The van der Waals surface area contributed by atoms with Crippen LogP contribution >= 0.6 is 8.25 Å². The highest BCUT2D eigenvalue weighted by Crippen LogP contribution is 1.98. The minimum absolute atomic E-state index is 0.296. The van der Waals surface area contributed by atoms with Crippen LogP contribution in [0.5, 0.6) is 0 Å². The van der Waals surface area contributed by atoms with Gasteiger partial charge in [0.25, 0.3) is 0 Å². The minimum atomic E-state index is -3.13. The Bertz CT molecular complexity index is 158. The maximum absolute atomic E-state index is 9.64. The number of hydrogen-bond donors (Lipinski definition) is 4. The largest absolute Gasteiger partial charge is 0.481 e. The number of carbonyl (C=O) groups is 2. The zero-order chi connectivity index (χ0) is 10.1. The van der Waals surface area contributed by atoms with Gasteiger partial charge in [-0.1, -0.05) is 0 Å². The molecule has 0 aromatic rings. The Morgan fingerprint density at radius 3 is 1.25 bits per heavy atom. The summed E-state index contributed by atoms with van der Waals surface area (Å²) in [7, 11) is -3.13. The van der Waals surface area contributed by atoms with Crippen LogP contribution in [0.3, 0.4) is 0 Å². The van der Waals surface area contributed by atoms with E-state index in [0.29, 0.717) is 0 Å². The van der Waals surface area contributed by atoms with Crippen molar-refractivity contribution in [3.63, 3.8) is 0 Å². The first-order valence-corrected chi connectivity index (χ1v) is 4.02. The smallest absolute Gasteiger partial charge is 0.314 e. The number of aliphatic carboxylic acids is 2. The number of carboxylic acids is 2. The molecule has 0 aliphatic rings. The van der Waals surface area contributed by atoms with Gasteiger partial charge in [-0.25, -0.2) is 0 Å². The van der Waals surface area contributed by atoms with Crippen LogP contribution in [0.4, 0.5) is 0 Å². The van der Waals surface area contributed by atoms with Gasteiger partial charge in [-0.3, -0.25) is 14.2 Å². The molecule has 0 radical (unpaired) electrons. The molecule has 0 fully saturated rings. The molecular weight excluding hydrogens is 191 g/mol. The summed E-state index contributed by atoms with van der Waals surface area (Å²) >= 11 is 0. The molecule has 0 saturated carbocycles. The lowest BCUT2D eigenvalue weighted by atomic mass is 10.3. The fourth-order valence-corrected chi connectivity index (χ4v) is 0.214. The van der Waals surface area contributed by atoms with E-state index in [0.717, 1.165) is 0 Å². The monoisotopic (exact) mass is 200 g/mol. The van der Waals surface area contributed by atoms with Crippen molar-refractivity contribution in [1.82, 2.24) is 0 Å². The highest BCUT2D eigenvalue weighted by atomic mass is 31.1. The lowest BCUT2D eigenvalue weighted by molar-refractivity contribution is -0.143. The van der Waals surface area contributed by atoms with Gasteiger partial charge >= 0.3 is 20.2 Å². The van der Waals surface area contributed by atoms with Crippen molar-refractivity contribution < 1.29 is 34.2 Å². The molecule has 0 aromatic carbocycles. The van der Waals surface area contributed by atoms with Gasteiger partial charge in [0.15, 0.2) is 0 Å². The summed E-state index contributed by atoms with van der Waals surface area (Å²) in [5.41, 5.74) is 0. The van der Waals surface area contributed by atoms with Crippen LogP contribution in [-0.2, 0) is 14.2 Å².